The van der Waals surface area contributed by atoms with Crippen LogP contribution in [0.5, 0.6) is 0 Å². The second-order valence-electron chi connectivity index (χ2n) is 6.61. The minimum absolute atomic E-state index is 0.727. The molecule has 21 heavy (non-hydrogen) atoms. The molecule has 2 heterocycles. The summed E-state index contributed by atoms with van der Waals surface area (Å²) in [5.41, 5.74) is 3.58. The first kappa shape index (κ1) is 16.2. The molecule has 4 nitrogen and oxygen atoms in total. The molecule has 0 unspecified atom stereocenters. The molecule has 4 heteroatoms. The van der Waals surface area contributed by atoms with Gasteiger partial charge in [0, 0.05) is 49.3 Å². The zero-order valence-electron chi connectivity index (χ0n) is 14.3. The molecule has 1 aliphatic heterocycles. The second-order valence-corrected chi connectivity index (χ2v) is 6.61. The Bertz CT molecular complexity index is 430. The number of pyridine rings is 1. The Kier molecular flexibility index (Phi) is 5.59. The number of anilines is 1. The van der Waals surface area contributed by atoms with E-state index in [9.17, 15) is 0 Å². The Morgan fingerprint density at radius 1 is 1.05 bits per heavy atom. The Morgan fingerprint density at radius 3 is 2.14 bits per heavy atom. The molecule has 0 amide bonds. The van der Waals surface area contributed by atoms with E-state index in [-0.39, 0.29) is 0 Å². The topological polar surface area (TPSA) is 22.6 Å². The predicted octanol–water partition coefficient (Wildman–Crippen LogP) is 2.16. The lowest BCUT2D eigenvalue weighted by atomic mass is 10.0. The number of aryl methyl sites for hydroxylation is 2. The standard InChI is InChI=1S/C17H30N4/c1-14-12-17(13-15(2)18-14)21-8-6-16(7-9-21)20(5)11-10-19(3)4/h12-13,16H,6-11H2,1-5H3. The maximum Gasteiger partial charge on any atom is 0.0402 e. The van der Waals surface area contributed by atoms with Crippen molar-refractivity contribution in [2.24, 2.45) is 0 Å². The predicted molar refractivity (Wildman–Crippen MR) is 90.1 cm³/mol. The van der Waals surface area contributed by atoms with Gasteiger partial charge in [-0.3, -0.25) is 4.98 Å². The van der Waals surface area contributed by atoms with E-state index in [1.54, 1.807) is 0 Å². The van der Waals surface area contributed by atoms with Gasteiger partial charge in [0.1, 0.15) is 0 Å². The van der Waals surface area contributed by atoms with E-state index in [1.165, 1.54) is 18.5 Å². The van der Waals surface area contributed by atoms with Crippen molar-refractivity contribution < 1.29 is 0 Å². The molecular formula is C17H30N4. The zero-order valence-corrected chi connectivity index (χ0v) is 14.3. The molecule has 1 saturated heterocycles. The maximum absolute atomic E-state index is 4.47. The highest BCUT2D eigenvalue weighted by molar-refractivity contribution is 5.48. The van der Waals surface area contributed by atoms with Crippen LogP contribution in [0.25, 0.3) is 0 Å². The first-order valence-electron chi connectivity index (χ1n) is 8.01. The third-order valence-electron chi connectivity index (χ3n) is 4.42. The van der Waals surface area contributed by atoms with Crippen molar-refractivity contribution in [3.8, 4) is 0 Å². The fourth-order valence-electron chi connectivity index (χ4n) is 3.10. The van der Waals surface area contributed by atoms with Gasteiger partial charge >= 0.3 is 0 Å². The van der Waals surface area contributed by atoms with Crippen LogP contribution >= 0.6 is 0 Å². The molecule has 0 aliphatic carbocycles. The van der Waals surface area contributed by atoms with Gasteiger partial charge in [0.05, 0.1) is 0 Å². The van der Waals surface area contributed by atoms with Crippen LogP contribution in [0.15, 0.2) is 12.1 Å². The van der Waals surface area contributed by atoms with E-state index in [4.69, 9.17) is 0 Å². The normalized spacial score (nSPS) is 17.0. The van der Waals surface area contributed by atoms with Crippen molar-refractivity contribution in [1.82, 2.24) is 14.8 Å². The van der Waals surface area contributed by atoms with E-state index in [0.717, 1.165) is 43.6 Å². The lowest BCUT2D eigenvalue weighted by Crippen LogP contribution is -2.45. The van der Waals surface area contributed by atoms with E-state index < -0.39 is 0 Å². The molecule has 1 aromatic heterocycles. The van der Waals surface area contributed by atoms with Crippen LogP contribution in [0.4, 0.5) is 5.69 Å². The van der Waals surface area contributed by atoms with E-state index >= 15 is 0 Å². The summed E-state index contributed by atoms with van der Waals surface area (Å²) in [5.74, 6) is 0. The molecule has 0 saturated carbocycles. The summed E-state index contributed by atoms with van der Waals surface area (Å²) >= 11 is 0. The van der Waals surface area contributed by atoms with Gasteiger partial charge in [0.15, 0.2) is 0 Å². The van der Waals surface area contributed by atoms with Crippen molar-refractivity contribution in [2.45, 2.75) is 32.7 Å². The summed E-state index contributed by atoms with van der Waals surface area (Å²) in [5, 5.41) is 0. The summed E-state index contributed by atoms with van der Waals surface area (Å²) in [7, 11) is 6.56. The number of aromatic nitrogens is 1. The molecule has 1 fully saturated rings. The average Bonchev–Trinajstić information content (AvgIpc) is 2.44. The summed E-state index contributed by atoms with van der Waals surface area (Å²) in [6, 6.07) is 5.15. The molecule has 2 rings (SSSR count). The second kappa shape index (κ2) is 7.23. The van der Waals surface area contributed by atoms with Gasteiger partial charge < -0.3 is 14.7 Å². The molecule has 0 aromatic carbocycles. The molecule has 0 bridgehead atoms. The van der Waals surface area contributed by atoms with Gasteiger partial charge in [-0.05, 0) is 60.0 Å². The van der Waals surface area contributed by atoms with Gasteiger partial charge in [0.25, 0.3) is 0 Å². The quantitative estimate of drug-likeness (QED) is 0.829. The fourth-order valence-corrected chi connectivity index (χ4v) is 3.10. The minimum atomic E-state index is 0.727. The highest BCUT2D eigenvalue weighted by Gasteiger charge is 2.22. The Balaban J connectivity index is 1.88. The van der Waals surface area contributed by atoms with E-state index in [0.29, 0.717) is 0 Å². The van der Waals surface area contributed by atoms with Gasteiger partial charge in [-0.1, -0.05) is 0 Å². The van der Waals surface area contributed by atoms with Crippen LogP contribution in [0.1, 0.15) is 24.2 Å². The van der Waals surface area contributed by atoms with Crippen LogP contribution in [0.2, 0.25) is 0 Å². The highest BCUT2D eigenvalue weighted by Crippen LogP contribution is 2.23. The summed E-state index contributed by atoms with van der Waals surface area (Å²) < 4.78 is 0. The summed E-state index contributed by atoms with van der Waals surface area (Å²) in [4.78, 5) is 11.8. The molecule has 0 spiro atoms. The van der Waals surface area contributed by atoms with E-state index in [1.807, 2.05) is 0 Å². The number of piperidine rings is 1. The Labute approximate surface area is 129 Å². The third-order valence-corrected chi connectivity index (χ3v) is 4.42. The number of nitrogens with zero attached hydrogens (tertiary/aromatic N) is 4. The molecule has 0 atom stereocenters. The SMILES string of the molecule is Cc1cc(N2CCC(N(C)CCN(C)C)CC2)cc(C)n1. The first-order chi connectivity index (χ1) is 9.95. The van der Waals surface area contributed by atoms with Crippen molar-refractivity contribution >= 4 is 5.69 Å². The number of rotatable bonds is 5. The lowest BCUT2D eigenvalue weighted by Gasteiger charge is -2.38. The lowest BCUT2D eigenvalue weighted by molar-refractivity contribution is 0.190. The van der Waals surface area contributed by atoms with Crippen molar-refractivity contribution in [1.29, 1.82) is 0 Å². The van der Waals surface area contributed by atoms with Crippen molar-refractivity contribution in [3.05, 3.63) is 23.5 Å². The minimum Gasteiger partial charge on any atom is -0.371 e. The van der Waals surface area contributed by atoms with Crippen molar-refractivity contribution in [3.63, 3.8) is 0 Å². The van der Waals surface area contributed by atoms with Gasteiger partial charge in [0.2, 0.25) is 0 Å². The molecule has 0 radical (unpaired) electrons. The maximum atomic E-state index is 4.47. The molecule has 1 aliphatic rings. The van der Waals surface area contributed by atoms with Crippen LogP contribution in [0.3, 0.4) is 0 Å². The van der Waals surface area contributed by atoms with Gasteiger partial charge in [-0.25, -0.2) is 0 Å². The Morgan fingerprint density at radius 2 is 1.62 bits per heavy atom. The van der Waals surface area contributed by atoms with Crippen LogP contribution in [0, 0.1) is 13.8 Å². The molecular weight excluding hydrogens is 260 g/mol. The fraction of sp³-hybridized carbons (Fsp3) is 0.706. The number of likely N-dealkylation sites (N-methyl/N-ethyl adjacent to an activating group) is 2. The average molecular weight is 290 g/mol. The monoisotopic (exact) mass is 290 g/mol. The smallest absolute Gasteiger partial charge is 0.0402 e. The largest absolute Gasteiger partial charge is 0.371 e. The highest BCUT2D eigenvalue weighted by atomic mass is 15.2. The van der Waals surface area contributed by atoms with Gasteiger partial charge in [-0.15, -0.1) is 0 Å². The number of hydrogen-bond donors (Lipinski definition) is 0. The van der Waals surface area contributed by atoms with E-state index in [2.05, 4.69) is 66.8 Å². The molecule has 0 N–H and O–H groups in total. The van der Waals surface area contributed by atoms with Crippen LogP contribution in [-0.2, 0) is 0 Å². The molecule has 1 aromatic rings. The Hall–Kier alpha value is -1.13. The summed E-state index contributed by atoms with van der Waals surface area (Å²) in [6.45, 7) is 8.76. The third kappa shape index (κ3) is 4.68. The number of hydrogen-bond acceptors (Lipinski definition) is 4. The van der Waals surface area contributed by atoms with Crippen LogP contribution in [-0.4, -0.2) is 68.1 Å². The van der Waals surface area contributed by atoms with Crippen molar-refractivity contribution in [2.75, 3.05) is 52.2 Å². The summed E-state index contributed by atoms with van der Waals surface area (Å²) in [6.07, 6.45) is 2.51. The van der Waals surface area contributed by atoms with Crippen LogP contribution < -0.4 is 4.90 Å². The first-order valence-corrected chi connectivity index (χ1v) is 8.01. The molecule has 118 valence electrons. The zero-order chi connectivity index (χ0) is 15.4. The van der Waals surface area contributed by atoms with Gasteiger partial charge in [-0.2, -0.15) is 0 Å².